The van der Waals surface area contributed by atoms with Gasteiger partial charge in [0, 0.05) is 30.4 Å². The second-order valence-electron chi connectivity index (χ2n) is 5.28. The van der Waals surface area contributed by atoms with E-state index in [-0.39, 0.29) is 5.91 Å². The van der Waals surface area contributed by atoms with Crippen molar-refractivity contribution in [3.8, 4) is 0 Å². The number of carbonyl (C=O) groups is 1. The second-order valence-corrected chi connectivity index (χ2v) is 7.97. The van der Waals surface area contributed by atoms with Crippen LogP contribution in [0.25, 0.3) is 10.2 Å². The SMILES string of the molecule is CN(C)C(=O)c1ccc(CSc2nc3cc(Cl)ccc3s2)cc1. The van der Waals surface area contributed by atoms with Crippen LogP contribution in [-0.2, 0) is 5.75 Å². The number of amides is 1. The van der Waals surface area contributed by atoms with Crippen LogP contribution >= 0.6 is 34.7 Å². The number of hydrogen-bond donors (Lipinski definition) is 0. The van der Waals surface area contributed by atoms with Crippen LogP contribution in [0, 0.1) is 0 Å². The molecule has 1 heterocycles. The molecule has 3 nitrogen and oxygen atoms in total. The second kappa shape index (κ2) is 6.91. The lowest BCUT2D eigenvalue weighted by atomic mass is 10.1. The van der Waals surface area contributed by atoms with Crippen LogP contribution in [0.2, 0.25) is 5.02 Å². The van der Waals surface area contributed by atoms with Crippen LogP contribution in [0.4, 0.5) is 0 Å². The number of fused-ring (bicyclic) bond motifs is 1. The van der Waals surface area contributed by atoms with Gasteiger partial charge in [0.05, 0.1) is 10.2 Å². The van der Waals surface area contributed by atoms with Crippen LogP contribution in [0.15, 0.2) is 46.8 Å². The molecular weight excluding hydrogens is 348 g/mol. The molecule has 0 atom stereocenters. The number of hydrogen-bond acceptors (Lipinski definition) is 4. The Hall–Kier alpha value is -1.56. The largest absolute Gasteiger partial charge is 0.345 e. The van der Waals surface area contributed by atoms with E-state index in [1.807, 2.05) is 42.5 Å². The van der Waals surface area contributed by atoms with Crippen molar-refractivity contribution in [2.24, 2.45) is 0 Å². The standard InChI is InChI=1S/C17H15ClN2OS2/c1-20(2)16(21)12-5-3-11(4-6-12)10-22-17-19-14-9-13(18)7-8-15(14)23-17/h3-9H,10H2,1-2H3. The Kier molecular flexibility index (Phi) is 4.90. The summed E-state index contributed by atoms with van der Waals surface area (Å²) in [5.74, 6) is 0.844. The van der Waals surface area contributed by atoms with E-state index in [4.69, 9.17) is 11.6 Å². The Balaban J connectivity index is 1.68. The zero-order chi connectivity index (χ0) is 16.4. The summed E-state index contributed by atoms with van der Waals surface area (Å²) >= 11 is 9.35. The first-order valence-corrected chi connectivity index (χ1v) is 9.20. The fraction of sp³-hybridized carbons (Fsp3) is 0.176. The smallest absolute Gasteiger partial charge is 0.253 e. The van der Waals surface area contributed by atoms with E-state index in [0.29, 0.717) is 10.6 Å². The first-order valence-electron chi connectivity index (χ1n) is 7.02. The summed E-state index contributed by atoms with van der Waals surface area (Å²) in [6.07, 6.45) is 0. The van der Waals surface area contributed by atoms with Crippen LogP contribution in [0.3, 0.4) is 0 Å². The molecule has 1 amide bonds. The highest BCUT2D eigenvalue weighted by molar-refractivity contribution is 8.00. The van der Waals surface area contributed by atoms with Crippen molar-refractivity contribution in [3.05, 3.63) is 58.6 Å². The zero-order valence-electron chi connectivity index (χ0n) is 12.7. The van der Waals surface area contributed by atoms with Gasteiger partial charge >= 0.3 is 0 Å². The minimum Gasteiger partial charge on any atom is -0.345 e. The van der Waals surface area contributed by atoms with Crippen LogP contribution < -0.4 is 0 Å². The fourth-order valence-corrected chi connectivity index (χ4v) is 4.26. The van der Waals surface area contributed by atoms with Crippen LogP contribution in [-0.4, -0.2) is 29.9 Å². The molecule has 0 N–H and O–H groups in total. The number of thiazole rings is 1. The van der Waals surface area contributed by atoms with Gasteiger partial charge in [-0.2, -0.15) is 0 Å². The van der Waals surface area contributed by atoms with Crippen molar-refractivity contribution in [3.63, 3.8) is 0 Å². The molecule has 118 valence electrons. The predicted molar refractivity (Wildman–Crippen MR) is 98.7 cm³/mol. The van der Waals surface area contributed by atoms with Gasteiger partial charge in [0.25, 0.3) is 5.91 Å². The average Bonchev–Trinajstić information content (AvgIpc) is 2.94. The molecule has 0 radical (unpaired) electrons. The van der Waals surface area contributed by atoms with E-state index in [1.54, 1.807) is 42.1 Å². The van der Waals surface area contributed by atoms with Gasteiger partial charge in [0.1, 0.15) is 0 Å². The lowest BCUT2D eigenvalue weighted by Gasteiger charge is -2.10. The molecule has 2 aromatic carbocycles. The summed E-state index contributed by atoms with van der Waals surface area (Å²) in [5, 5.41) is 0.709. The van der Waals surface area contributed by atoms with Crippen molar-refractivity contribution in [2.45, 2.75) is 10.1 Å². The summed E-state index contributed by atoms with van der Waals surface area (Å²) < 4.78 is 2.17. The molecule has 0 aliphatic rings. The van der Waals surface area contributed by atoms with Crippen LogP contribution in [0.1, 0.15) is 15.9 Å². The van der Waals surface area contributed by atoms with Crippen molar-refractivity contribution >= 4 is 50.8 Å². The normalized spacial score (nSPS) is 10.9. The molecule has 3 rings (SSSR count). The number of halogens is 1. The molecule has 3 aromatic rings. The Morgan fingerprint density at radius 2 is 1.96 bits per heavy atom. The van der Waals surface area contributed by atoms with E-state index in [9.17, 15) is 4.79 Å². The number of rotatable bonds is 4. The molecule has 0 aliphatic heterocycles. The molecule has 23 heavy (non-hydrogen) atoms. The lowest BCUT2D eigenvalue weighted by Crippen LogP contribution is -2.21. The number of aromatic nitrogens is 1. The first kappa shape index (κ1) is 16.3. The highest BCUT2D eigenvalue weighted by atomic mass is 35.5. The number of carbonyl (C=O) groups excluding carboxylic acids is 1. The highest BCUT2D eigenvalue weighted by Crippen LogP contribution is 2.32. The first-order chi connectivity index (χ1) is 11.0. The van der Waals surface area contributed by atoms with Crippen molar-refractivity contribution in [1.29, 1.82) is 0 Å². The maximum Gasteiger partial charge on any atom is 0.253 e. The minimum absolute atomic E-state index is 0.0206. The van der Waals surface area contributed by atoms with Gasteiger partial charge in [-0.05, 0) is 35.9 Å². The third-order valence-corrected chi connectivity index (χ3v) is 5.78. The molecule has 0 spiro atoms. The molecule has 0 saturated carbocycles. The van der Waals surface area contributed by atoms with Crippen LogP contribution in [0.5, 0.6) is 0 Å². The van der Waals surface area contributed by atoms with E-state index >= 15 is 0 Å². The summed E-state index contributed by atoms with van der Waals surface area (Å²) in [4.78, 5) is 18.0. The predicted octanol–water partition coefficient (Wildman–Crippen LogP) is 4.94. The molecule has 6 heteroatoms. The minimum atomic E-state index is 0.0206. The number of thioether (sulfide) groups is 1. The van der Waals surface area contributed by atoms with Gasteiger partial charge in [-0.1, -0.05) is 35.5 Å². The lowest BCUT2D eigenvalue weighted by molar-refractivity contribution is 0.0827. The molecule has 0 saturated heterocycles. The van der Waals surface area contributed by atoms with Gasteiger partial charge in [-0.25, -0.2) is 4.98 Å². The van der Waals surface area contributed by atoms with Gasteiger partial charge in [-0.15, -0.1) is 11.3 Å². The maximum absolute atomic E-state index is 11.9. The van der Waals surface area contributed by atoms with Gasteiger partial charge in [-0.3, -0.25) is 4.79 Å². The molecule has 0 bridgehead atoms. The van der Waals surface area contributed by atoms with E-state index in [2.05, 4.69) is 4.98 Å². The molecule has 0 fully saturated rings. The Morgan fingerprint density at radius 3 is 2.65 bits per heavy atom. The third kappa shape index (κ3) is 3.86. The van der Waals surface area contributed by atoms with E-state index in [0.717, 1.165) is 20.3 Å². The summed E-state index contributed by atoms with van der Waals surface area (Å²) in [6.45, 7) is 0. The Labute approximate surface area is 148 Å². The summed E-state index contributed by atoms with van der Waals surface area (Å²) in [5.41, 5.74) is 2.82. The Morgan fingerprint density at radius 1 is 1.22 bits per heavy atom. The van der Waals surface area contributed by atoms with Crippen molar-refractivity contribution in [2.75, 3.05) is 14.1 Å². The summed E-state index contributed by atoms with van der Waals surface area (Å²) in [7, 11) is 3.51. The molecule has 0 unspecified atom stereocenters. The number of nitrogens with zero attached hydrogens (tertiary/aromatic N) is 2. The third-order valence-electron chi connectivity index (χ3n) is 3.30. The molecule has 1 aromatic heterocycles. The fourth-order valence-electron chi connectivity index (χ4n) is 2.09. The van der Waals surface area contributed by atoms with Gasteiger partial charge in [0.2, 0.25) is 0 Å². The van der Waals surface area contributed by atoms with Gasteiger partial charge in [0.15, 0.2) is 4.34 Å². The monoisotopic (exact) mass is 362 g/mol. The maximum atomic E-state index is 11.9. The quantitative estimate of drug-likeness (QED) is 0.616. The van der Waals surface area contributed by atoms with E-state index in [1.165, 1.54) is 5.56 Å². The highest BCUT2D eigenvalue weighted by Gasteiger charge is 2.08. The van der Waals surface area contributed by atoms with Crippen molar-refractivity contribution < 1.29 is 4.79 Å². The number of benzene rings is 2. The Bertz CT molecular complexity index is 843. The molecule has 0 aliphatic carbocycles. The topological polar surface area (TPSA) is 33.2 Å². The van der Waals surface area contributed by atoms with Crippen molar-refractivity contribution in [1.82, 2.24) is 9.88 Å². The zero-order valence-corrected chi connectivity index (χ0v) is 15.1. The van der Waals surface area contributed by atoms with Gasteiger partial charge < -0.3 is 4.90 Å². The average molecular weight is 363 g/mol. The molecular formula is C17H15ClN2OS2. The summed E-state index contributed by atoms with van der Waals surface area (Å²) in [6, 6.07) is 13.5. The van der Waals surface area contributed by atoms with E-state index < -0.39 is 0 Å².